The molecule has 0 aliphatic carbocycles. The summed E-state index contributed by atoms with van der Waals surface area (Å²) in [5, 5.41) is 0.856. The first-order chi connectivity index (χ1) is 13.5. The predicted molar refractivity (Wildman–Crippen MR) is 110 cm³/mol. The van der Waals surface area contributed by atoms with Gasteiger partial charge in [-0.3, -0.25) is 9.59 Å². The van der Waals surface area contributed by atoms with E-state index in [2.05, 4.69) is 0 Å². The van der Waals surface area contributed by atoms with Crippen molar-refractivity contribution < 1.29 is 14.0 Å². The number of carbonyl (C=O) groups is 2. The van der Waals surface area contributed by atoms with Crippen LogP contribution in [0.2, 0.25) is 0 Å². The molecule has 1 heterocycles. The molecule has 5 heteroatoms. The largest absolute Gasteiger partial charge is 0.460 e. The number of fused-ring (bicyclic) bond motifs is 1. The highest BCUT2D eigenvalue weighted by Crippen LogP contribution is 2.28. The molecule has 3 aromatic rings. The van der Waals surface area contributed by atoms with Crippen molar-refractivity contribution in [3.63, 3.8) is 0 Å². The van der Waals surface area contributed by atoms with Crippen LogP contribution in [0, 0.1) is 0 Å². The molecule has 146 valence electrons. The van der Waals surface area contributed by atoms with E-state index < -0.39 is 0 Å². The molecule has 0 saturated heterocycles. The normalized spacial score (nSPS) is 10.9. The molecule has 0 fully saturated rings. The van der Waals surface area contributed by atoms with Crippen molar-refractivity contribution in [1.82, 2.24) is 9.80 Å². The summed E-state index contributed by atoms with van der Waals surface area (Å²) in [6.45, 7) is 5.02. The molecule has 0 aliphatic rings. The van der Waals surface area contributed by atoms with Crippen molar-refractivity contribution in [3.05, 3.63) is 71.0 Å². The van der Waals surface area contributed by atoms with Gasteiger partial charge in [0, 0.05) is 44.6 Å². The lowest BCUT2D eigenvalue weighted by atomic mass is 10.1. The average molecular weight is 378 g/mol. The van der Waals surface area contributed by atoms with E-state index in [0.29, 0.717) is 30.6 Å². The topological polar surface area (TPSA) is 53.8 Å². The van der Waals surface area contributed by atoms with Gasteiger partial charge in [0.25, 0.3) is 11.8 Å². The van der Waals surface area contributed by atoms with Gasteiger partial charge in [0.15, 0.2) is 0 Å². The Kier molecular flexibility index (Phi) is 5.83. The molecule has 0 atom stereocenters. The van der Waals surface area contributed by atoms with Crippen LogP contribution in [-0.4, -0.2) is 42.3 Å². The molecule has 0 bridgehead atoms. The first-order valence-corrected chi connectivity index (χ1v) is 9.56. The molecule has 28 heavy (non-hydrogen) atoms. The Hall–Kier alpha value is -3.08. The number of rotatable bonds is 6. The van der Waals surface area contributed by atoms with E-state index in [1.807, 2.05) is 50.2 Å². The Labute approximate surface area is 165 Å². The third-order valence-electron chi connectivity index (χ3n) is 4.85. The van der Waals surface area contributed by atoms with Gasteiger partial charge in [-0.1, -0.05) is 37.3 Å². The van der Waals surface area contributed by atoms with Gasteiger partial charge in [-0.25, -0.2) is 0 Å². The Morgan fingerprint density at radius 2 is 1.61 bits per heavy atom. The van der Waals surface area contributed by atoms with Crippen molar-refractivity contribution in [2.75, 3.05) is 20.6 Å². The van der Waals surface area contributed by atoms with Crippen LogP contribution >= 0.6 is 0 Å². The number of carbonyl (C=O) groups excluding carboxylic acids is 2. The molecular formula is C23H26N2O3. The Bertz CT molecular complexity index is 987. The van der Waals surface area contributed by atoms with E-state index >= 15 is 0 Å². The highest BCUT2D eigenvalue weighted by atomic mass is 16.3. The number of aryl methyl sites for hydroxylation is 1. The number of hydrogen-bond donors (Lipinski definition) is 0. The first kappa shape index (κ1) is 19.7. The van der Waals surface area contributed by atoms with Crippen molar-refractivity contribution in [2.24, 2.45) is 0 Å². The minimum Gasteiger partial charge on any atom is -0.460 e. The smallest absolute Gasteiger partial charge is 0.258 e. The minimum atomic E-state index is -0.0348. The molecule has 5 nitrogen and oxygen atoms in total. The van der Waals surface area contributed by atoms with E-state index in [-0.39, 0.29) is 11.8 Å². The summed E-state index contributed by atoms with van der Waals surface area (Å²) in [4.78, 5) is 28.7. The lowest BCUT2D eigenvalue weighted by Gasteiger charge is -2.21. The molecule has 0 N–H and O–H groups in total. The molecule has 3 rings (SSSR count). The molecule has 2 amide bonds. The molecule has 1 aromatic heterocycles. The molecule has 2 aromatic carbocycles. The van der Waals surface area contributed by atoms with Gasteiger partial charge in [0.2, 0.25) is 0 Å². The van der Waals surface area contributed by atoms with E-state index in [0.717, 1.165) is 22.3 Å². The SMILES string of the molecule is CCc1oc2ccccc2c1C(=O)N(CC)Cc1ccc(C(=O)N(C)C)cc1. The summed E-state index contributed by atoms with van der Waals surface area (Å²) in [6, 6.07) is 15.1. The van der Waals surface area contributed by atoms with E-state index in [9.17, 15) is 9.59 Å². The Morgan fingerprint density at radius 3 is 2.21 bits per heavy atom. The molecule has 0 unspecified atom stereocenters. The van der Waals surface area contributed by atoms with Crippen LogP contribution in [0.25, 0.3) is 11.0 Å². The van der Waals surface area contributed by atoms with Gasteiger partial charge in [0.1, 0.15) is 11.3 Å². The number of nitrogens with zero attached hydrogens (tertiary/aromatic N) is 2. The maximum absolute atomic E-state index is 13.3. The van der Waals surface area contributed by atoms with Gasteiger partial charge in [-0.15, -0.1) is 0 Å². The zero-order valence-electron chi connectivity index (χ0n) is 16.9. The van der Waals surface area contributed by atoms with Gasteiger partial charge in [-0.05, 0) is 30.7 Å². The number of para-hydroxylation sites is 1. The van der Waals surface area contributed by atoms with Crippen LogP contribution in [-0.2, 0) is 13.0 Å². The minimum absolute atomic E-state index is 0.0299. The van der Waals surface area contributed by atoms with E-state index in [1.165, 1.54) is 0 Å². The molecule has 0 saturated carbocycles. The second-order valence-corrected chi connectivity index (χ2v) is 6.97. The number of furan rings is 1. The molecule has 0 spiro atoms. The third kappa shape index (κ3) is 3.79. The highest BCUT2D eigenvalue weighted by Gasteiger charge is 2.24. The van der Waals surface area contributed by atoms with Gasteiger partial charge in [-0.2, -0.15) is 0 Å². The van der Waals surface area contributed by atoms with Crippen molar-refractivity contribution in [3.8, 4) is 0 Å². The van der Waals surface area contributed by atoms with Gasteiger partial charge >= 0.3 is 0 Å². The van der Waals surface area contributed by atoms with Crippen LogP contribution in [0.4, 0.5) is 0 Å². The fourth-order valence-electron chi connectivity index (χ4n) is 3.30. The lowest BCUT2D eigenvalue weighted by Crippen LogP contribution is -2.30. The zero-order chi connectivity index (χ0) is 20.3. The summed E-state index contributed by atoms with van der Waals surface area (Å²) >= 11 is 0. The highest BCUT2D eigenvalue weighted by molar-refractivity contribution is 6.07. The average Bonchev–Trinajstić information content (AvgIpc) is 3.10. The summed E-state index contributed by atoms with van der Waals surface area (Å²) < 4.78 is 5.89. The van der Waals surface area contributed by atoms with Crippen LogP contribution in [0.1, 0.15) is 45.9 Å². The van der Waals surface area contributed by atoms with Crippen LogP contribution in [0.5, 0.6) is 0 Å². The standard InChI is InChI=1S/C23H26N2O3/c1-5-19-21(18-9-7-8-10-20(18)28-19)23(27)25(6-2)15-16-11-13-17(14-12-16)22(26)24(3)4/h7-14H,5-6,15H2,1-4H3. The predicted octanol–water partition coefficient (Wildman–Crippen LogP) is 4.36. The summed E-state index contributed by atoms with van der Waals surface area (Å²) in [5.41, 5.74) is 3.01. The first-order valence-electron chi connectivity index (χ1n) is 9.56. The lowest BCUT2D eigenvalue weighted by molar-refractivity contribution is 0.0750. The summed E-state index contributed by atoms with van der Waals surface area (Å²) in [6.07, 6.45) is 0.661. The maximum Gasteiger partial charge on any atom is 0.258 e. The Balaban J connectivity index is 1.86. The van der Waals surface area contributed by atoms with Gasteiger partial charge in [0.05, 0.1) is 5.56 Å². The van der Waals surface area contributed by atoms with Gasteiger partial charge < -0.3 is 14.2 Å². The van der Waals surface area contributed by atoms with Crippen LogP contribution < -0.4 is 0 Å². The van der Waals surface area contributed by atoms with Crippen molar-refractivity contribution in [1.29, 1.82) is 0 Å². The zero-order valence-corrected chi connectivity index (χ0v) is 16.9. The monoisotopic (exact) mass is 378 g/mol. The van der Waals surface area contributed by atoms with Crippen LogP contribution in [0.15, 0.2) is 52.9 Å². The summed E-state index contributed by atoms with van der Waals surface area (Å²) in [5.74, 6) is 0.654. The molecule has 0 radical (unpaired) electrons. The van der Waals surface area contributed by atoms with Crippen molar-refractivity contribution >= 4 is 22.8 Å². The number of amides is 2. The fourth-order valence-corrected chi connectivity index (χ4v) is 3.30. The third-order valence-corrected chi connectivity index (χ3v) is 4.85. The molecule has 0 aliphatic heterocycles. The molecular weight excluding hydrogens is 352 g/mol. The second-order valence-electron chi connectivity index (χ2n) is 6.97. The fraction of sp³-hybridized carbons (Fsp3) is 0.304. The van der Waals surface area contributed by atoms with E-state index in [1.54, 1.807) is 36.0 Å². The van der Waals surface area contributed by atoms with Crippen molar-refractivity contribution in [2.45, 2.75) is 26.8 Å². The number of benzene rings is 2. The maximum atomic E-state index is 13.3. The second kappa shape index (κ2) is 8.30. The quantitative estimate of drug-likeness (QED) is 0.640. The van der Waals surface area contributed by atoms with E-state index in [4.69, 9.17) is 4.42 Å². The van der Waals surface area contributed by atoms with Crippen LogP contribution in [0.3, 0.4) is 0 Å². The Morgan fingerprint density at radius 1 is 0.929 bits per heavy atom. The number of hydrogen-bond acceptors (Lipinski definition) is 3. The summed E-state index contributed by atoms with van der Waals surface area (Å²) in [7, 11) is 3.46.